The van der Waals surface area contributed by atoms with Gasteiger partial charge in [-0.25, -0.2) is 4.79 Å². The van der Waals surface area contributed by atoms with E-state index >= 15 is 0 Å². The molecule has 0 saturated heterocycles. The highest BCUT2D eigenvalue weighted by Crippen LogP contribution is 2.27. The summed E-state index contributed by atoms with van der Waals surface area (Å²) in [4.78, 5) is 26.6. The van der Waals surface area contributed by atoms with Crippen LogP contribution in [-0.4, -0.2) is 22.0 Å². The van der Waals surface area contributed by atoms with Gasteiger partial charge in [0, 0.05) is 12.6 Å². The van der Waals surface area contributed by atoms with Crippen molar-refractivity contribution in [2.24, 2.45) is 5.92 Å². The van der Waals surface area contributed by atoms with Gasteiger partial charge in [-0.15, -0.1) is 0 Å². The first-order valence-corrected chi connectivity index (χ1v) is 6.14. The third-order valence-corrected chi connectivity index (χ3v) is 3.27. The molecule has 0 aromatic carbocycles. The zero-order valence-corrected chi connectivity index (χ0v) is 10.1. The Kier molecular flexibility index (Phi) is 3.92. The molecule has 0 bridgehead atoms. The number of aromatic nitrogens is 1. The van der Waals surface area contributed by atoms with E-state index in [1.54, 1.807) is 0 Å². The van der Waals surface area contributed by atoms with Crippen LogP contribution in [0.2, 0.25) is 0 Å². The van der Waals surface area contributed by atoms with E-state index < -0.39 is 5.97 Å². The summed E-state index contributed by atoms with van der Waals surface area (Å²) in [6.45, 7) is 0. The predicted molar refractivity (Wildman–Crippen MR) is 66.4 cm³/mol. The number of carboxylic acid groups (broad SMARTS) is 1. The number of pyridine rings is 1. The minimum atomic E-state index is -1.06. The molecule has 1 aliphatic rings. The lowest BCUT2D eigenvalue weighted by atomic mass is 10.0. The molecule has 18 heavy (non-hydrogen) atoms. The van der Waals surface area contributed by atoms with Crippen LogP contribution in [-0.2, 0) is 4.79 Å². The number of anilines is 1. The molecule has 0 atom stereocenters. The second-order valence-corrected chi connectivity index (χ2v) is 4.63. The predicted octanol–water partition coefficient (Wildman–Crippen LogP) is 2.30. The average Bonchev–Trinajstić information content (AvgIpc) is 2.82. The van der Waals surface area contributed by atoms with Crippen LogP contribution in [0.5, 0.6) is 0 Å². The molecule has 96 valence electrons. The highest BCUT2D eigenvalue weighted by molar-refractivity contribution is 6.00. The Morgan fingerprint density at radius 3 is 2.78 bits per heavy atom. The first-order chi connectivity index (χ1) is 8.66. The maximum absolute atomic E-state index is 11.8. The maximum atomic E-state index is 11.8. The fraction of sp³-hybridized carbons (Fsp3) is 0.462. The standard InChI is InChI=1S/C13H16N2O3/c16-12(7-9-3-1-2-4-9)15-11-8-14-6-5-10(11)13(17)18/h5-6,8-9H,1-4,7H2,(H,15,16)(H,17,18). The van der Waals surface area contributed by atoms with Gasteiger partial charge in [0.15, 0.2) is 0 Å². The molecule has 1 saturated carbocycles. The van der Waals surface area contributed by atoms with E-state index in [0.29, 0.717) is 12.3 Å². The summed E-state index contributed by atoms with van der Waals surface area (Å²) in [6.07, 6.45) is 7.79. The topological polar surface area (TPSA) is 79.3 Å². The van der Waals surface area contributed by atoms with Crippen molar-refractivity contribution < 1.29 is 14.7 Å². The van der Waals surface area contributed by atoms with Gasteiger partial charge in [-0.1, -0.05) is 12.8 Å². The third kappa shape index (κ3) is 3.06. The van der Waals surface area contributed by atoms with Crippen molar-refractivity contribution in [3.63, 3.8) is 0 Å². The highest BCUT2D eigenvalue weighted by atomic mass is 16.4. The number of carbonyl (C=O) groups excluding carboxylic acids is 1. The van der Waals surface area contributed by atoms with Gasteiger partial charge in [-0.2, -0.15) is 0 Å². The van der Waals surface area contributed by atoms with Crippen molar-refractivity contribution in [3.8, 4) is 0 Å². The van der Waals surface area contributed by atoms with Crippen molar-refractivity contribution in [2.45, 2.75) is 32.1 Å². The Labute approximate surface area is 105 Å². The van der Waals surface area contributed by atoms with E-state index in [1.807, 2.05) is 0 Å². The van der Waals surface area contributed by atoms with Crippen LogP contribution in [0.1, 0.15) is 42.5 Å². The molecule has 1 fully saturated rings. The maximum Gasteiger partial charge on any atom is 0.337 e. The minimum absolute atomic E-state index is 0.0739. The second-order valence-electron chi connectivity index (χ2n) is 4.63. The third-order valence-electron chi connectivity index (χ3n) is 3.27. The zero-order chi connectivity index (χ0) is 13.0. The number of hydrogen-bond acceptors (Lipinski definition) is 3. The van der Waals surface area contributed by atoms with Gasteiger partial charge in [0.2, 0.25) is 5.91 Å². The number of hydrogen-bond donors (Lipinski definition) is 2. The van der Waals surface area contributed by atoms with E-state index in [1.165, 1.54) is 31.3 Å². The number of amides is 1. The molecule has 0 radical (unpaired) electrons. The van der Waals surface area contributed by atoms with Gasteiger partial charge in [0.1, 0.15) is 0 Å². The summed E-state index contributed by atoms with van der Waals surface area (Å²) in [7, 11) is 0. The largest absolute Gasteiger partial charge is 0.478 e. The molecule has 0 spiro atoms. The number of rotatable bonds is 4. The Morgan fingerprint density at radius 1 is 1.39 bits per heavy atom. The first kappa shape index (κ1) is 12.5. The van der Waals surface area contributed by atoms with Crippen molar-refractivity contribution in [1.82, 2.24) is 4.98 Å². The SMILES string of the molecule is O=C(CC1CCCC1)Nc1cnccc1C(=O)O. The summed E-state index contributed by atoms with van der Waals surface area (Å²) in [5.41, 5.74) is 0.345. The molecule has 5 heteroatoms. The second kappa shape index (κ2) is 5.62. The smallest absolute Gasteiger partial charge is 0.337 e. The summed E-state index contributed by atoms with van der Waals surface area (Å²) in [5, 5.41) is 11.6. The van der Waals surface area contributed by atoms with Gasteiger partial charge in [0.25, 0.3) is 0 Å². The molecule has 2 rings (SSSR count). The van der Waals surface area contributed by atoms with Crippen molar-refractivity contribution in [1.29, 1.82) is 0 Å². The molecule has 1 aromatic heterocycles. The van der Waals surface area contributed by atoms with Gasteiger partial charge in [-0.3, -0.25) is 9.78 Å². The number of nitrogens with one attached hydrogen (secondary N) is 1. The van der Waals surface area contributed by atoms with E-state index in [2.05, 4.69) is 10.3 Å². The molecule has 1 heterocycles. The Hall–Kier alpha value is -1.91. The molecular formula is C13H16N2O3. The van der Waals surface area contributed by atoms with Gasteiger partial charge in [-0.05, 0) is 24.8 Å². The molecule has 1 aliphatic carbocycles. The fourth-order valence-electron chi connectivity index (χ4n) is 2.36. The molecule has 5 nitrogen and oxygen atoms in total. The lowest BCUT2D eigenvalue weighted by molar-refractivity contribution is -0.117. The van der Waals surface area contributed by atoms with Crippen LogP contribution in [0.25, 0.3) is 0 Å². The first-order valence-electron chi connectivity index (χ1n) is 6.14. The molecule has 1 aromatic rings. The monoisotopic (exact) mass is 248 g/mol. The van der Waals surface area contributed by atoms with Crippen molar-refractivity contribution >= 4 is 17.6 Å². The lowest BCUT2D eigenvalue weighted by Gasteiger charge is -2.10. The van der Waals surface area contributed by atoms with Gasteiger partial charge >= 0.3 is 5.97 Å². The molecule has 1 amide bonds. The summed E-state index contributed by atoms with van der Waals surface area (Å²) in [6, 6.07) is 1.38. The van der Waals surface area contributed by atoms with Gasteiger partial charge in [0.05, 0.1) is 17.4 Å². The molecular weight excluding hydrogens is 232 g/mol. The number of carbonyl (C=O) groups is 2. The number of carboxylic acids is 1. The van der Waals surface area contributed by atoms with Crippen LogP contribution in [0.4, 0.5) is 5.69 Å². The van der Waals surface area contributed by atoms with Crippen LogP contribution in [0, 0.1) is 5.92 Å². The summed E-state index contributed by atoms with van der Waals surface area (Å²) < 4.78 is 0. The van der Waals surface area contributed by atoms with E-state index in [0.717, 1.165) is 12.8 Å². The lowest BCUT2D eigenvalue weighted by Crippen LogP contribution is -2.17. The molecule has 0 aliphatic heterocycles. The van der Waals surface area contributed by atoms with Gasteiger partial charge < -0.3 is 10.4 Å². The molecule has 0 unspecified atom stereocenters. The normalized spacial score (nSPS) is 15.6. The van der Waals surface area contributed by atoms with E-state index in [9.17, 15) is 9.59 Å². The highest BCUT2D eigenvalue weighted by Gasteiger charge is 2.19. The summed E-state index contributed by atoms with van der Waals surface area (Å²) >= 11 is 0. The molecule has 2 N–H and O–H groups in total. The Bertz CT molecular complexity index is 453. The van der Waals surface area contributed by atoms with Crippen LogP contribution in [0.3, 0.4) is 0 Å². The van der Waals surface area contributed by atoms with Crippen molar-refractivity contribution in [3.05, 3.63) is 24.0 Å². The minimum Gasteiger partial charge on any atom is -0.478 e. The average molecular weight is 248 g/mol. The number of aromatic carboxylic acids is 1. The number of nitrogens with zero attached hydrogens (tertiary/aromatic N) is 1. The summed E-state index contributed by atoms with van der Waals surface area (Å²) in [5.74, 6) is -0.749. The quantitative estimate of drug-likeness (QED) is 0.856. The van der Waals surface area contributed by atoms with Crippen molar-refractivity contribution in [2.75, 3.05) is 5.32 Å². The zero-order valence-electron chi connectivity index (χ0n) is 10.1. The van der Waals surface area contributed by atoms with E-state index in [-0.39, 0.29) is 17.2 Å². The van der Waals surface area contributed by atoms with Crippen LogP contribution >= 0.6 is 0 Å². The van der Waals surface area contributed by atoms with Crippen LogP contribution < -0.4 is 5.32 Å². The van der Waals surface area contributed by atoms with E-state index in [4.69, 9.17) is 5.11 Å². The fourth-order valence-corrected chi connectivity index (χ4v) is 2.36. The Morgan fingerprint density at radius 2 is 2.11 bits per heavy atom. The van der Waals surface area contributed by atoms with Crippen LogP contribution in [0.15, 0.2) is 18.5 Å². The Balaban J connectivity index is 2.00.